The third-order valence-electron chi connectivity index (χ3n) is 2.12. The summed E-state index contributed by atoms with van der Waals surface area (Å²) in [6.07, 6.45) is 6.13. The monoisotopic (exact) mass is 181 g/mol. The van der Waals surface area contributed by atoms with E-state index >= 15 is 0 Å². The molecule has 1 aromatic rings. The Bertz CT molecular complexity index is 230. The van der Waals surface area contributed by atoms with Gasteiger partial charge in [-0.2, -0.15) is 0 Å². The van der Waals surface area contributed by atoms with E-state index in [0.717, 1.165) is 26.1 Å². The van der Waals surface area contributed by atoms with Crippen molar-refractivity contribution in [3.8, 4) is 0 Å². The quantitative estimate of drug-likeness (QED) is 0.673. The van der Waals surface area contributed by atoms with E-state index in [-0.39, 0.29) is 0 Å². The molecule has 0 bridgehead atoms. The average Bonchev–Trinajstić information content (AvgIpc) is 2.60. The highest BCUT2D eigenvalue weighted by molar-refractivity contribution is 4.98. The highest BCUT2D eigenvalue weighted by Crippen LogP contribution is 1.98. The van der Waals surface area contributed by atoms with E-state index in [2.05, 4.69) is 28.7 Å². The fourth-order valence-electron chi connectivity index (χ4n) is 1.36. The summed E-state index contributed by atoms with van der Waals surface area (Å²) in [5.74, 6) is 0. The van der Waals surface area contributed by atoms with Crippen molar-refractivity contribution < 1.29 is 0 Å². The molecule has 0 unspecified atom stereocenters. The number of aryl methyl sites for hydroxylation is 1. The lowest BCUT2D eigenvalue weighted by Gasteiger charge is -2.05. The SMILES string of the molecule is CCCNCCc1cncn1CC. The molecule has 0 saturated heterocycles. The Morgan fingerprint density at radius 2 is 2.23 bits per heavy atom. The Morgan fingerprint density at radius 3 is 2.92 bits per heavy atom. The van der Waals surface area contributed by atoms with Gasteiger partial charge < -0.3 is 9.88 Å². The lowest BCUT2D eigenvalue weighted by atomic mass is 10.3. The standard InChI is InChI=1S/C10H19N3/c1-3-6-11-7-5-10-8-12-9-13(10)4-2/h8-9,11H,3-7H2,1-2H3. The van der Waals surface area contributed by atoms with Gasteiger partial charge in [0.15, 0.2) is 0 Å². The third kappa shape index (κ3) is 3.19. The summed E-state index contributed by atoms with van der Waals surface area (Å²) in [6.45, 7) is 7.51. The molecule has 0 aliphatic heterocycles. The van der Waals surface area contributed by atoms with Crippen LogP contribution < -0.4 is 5.32 Å². The molecular formula is C10H19N3. The Labute approximate surface area is 80.2 Å². The van der Waals surface area contributed by atoms with E-state index in [1.807, 2.05) is 12.5 Å². The van der Waals surface area contributed by atoms with E-state index in [9.17, 15) is 0 Å². The van der Waals surface area contributed by atoms with Gasteiger partial charge in [-0.1, -0.05) is 6.92 Å². The van der Waals surface area contributed by atoms with Crippen molar-refractivity contribution in [1.29, 1.82) is 0 Å². The molecule has 3 heteroatoms. The molecule has 0 spiro atoms. The second-order valence-corrected chi connectivity index (χ2v) is 3.17. The maximum atomic E-state index is 4.13. The van der Waals surface area contributed by atoms with Crippen LogP contribution in [0.1, 0.15) is 26.0 Å². The minimum atomic E-state index is 1.02. The molecule has 13 heavy (non-hydrogen) atoms. The molecule has 0 aliphatic rings. The van der Waals surface area contributed by atoms with Crippen molar-refractivity contribution in [2.24, 2.45) is 0 Å². The number of rotatable bonds is 6. The van der Waals surface area contributed by atoms with Crippen LogP contribution >= 0.6 is 0 Å². The first-order valence-corrected chi connectivity index (χ1v) is 5.08. The predicted molar refractivity (Wildman–Crippen MR) is 54.8 cm³/mol. The van der Waals surface area contributed by atoms with Crippen LogP contribution in [0.25, 0.3) is 0 Å². The van der Waals surface area contributed by atoms with Crippen molar-refractivity contribution in [1.82, 2.24) is 14.9 Å². The van der Waals surface area contributed by atoms with E-state index in [4.69, 9.17) is 0 Å². The zero-order valence-corrected chi connectivity index (χ0v) is 8.58. The number of aromatic nitrogens is 2. The summed E-state index contributed by atoms with van der Waals surface area (Å²) in [7, 11) is 0. The summed E-state index contributed by atoms with van der Waals surface area (Å²) in [6, 6.07) is 0. The van der Waals surface area contributed by atoms with Gasteiger partial charge in [-0.15, -0.1) is 0 Å². The maximum absolute atomic E-state index is 4.13. The third-order valence-corrected chi connectivity index (χ3v) is 2.12. The number of hydrogen-bond donors (Lipinski definition) is 1. The molecule has 0 atom stereocenters. The average molecular weight is 181 g/mol. The van der Waals surface area contributed by atoms with Gasteiger partial charge in [0, 0.05) is 31.4 Å². The van der Waals surface area contributed by atoms with Gasteiger partial charge in [0.2, 0.25) is 0 Å². The van der Waals surface area contributed by atoms with Crippen LogP contribution in [-0.4, -0.2) is 22.6 Å². The number of hydrogen-bond acceptors (Lipinski definition) is 2. The van der Waals surface area contributed by atoms with Gasteiger partial charge in [-0.25, -0.2) is 4.98 Å². The van der Waals surface area contributed by atoms with Crippen LogP contribution in [0.3, 0.4) is 0 Å². The number of nitrogens with one attached hydrogen (secondary N) is 1. The zero-order valence-electron chi connectivity index (χ0n) is 8.58. The second-order valence-electron chi connectivity index (χ2n) is 3.17. The first-order valence-electron chi connectivity index (χ1n) is 5.08. The van der Waals surface area contributed by atoms with Gasteiger partial charge in [0.05, 0.1) is 6.33 Å². The summed E-state index contributed by atoms with van der Waals surface area (Å²) < 4.78 is 2.19. The maximum Gasteiger partial charge on any atom is 0.0948 e. The van der Waals surface area contributed by atoms with Gasteiger partial charge >= 0.3 is 0 Å². The van der Waals surface area contributed by atoms with E-state index in [0.29, 0.717) is 0 Å². The van der Waals surface area contributed by atoms with Crippen LogP contribution in [-0.2, 0) is 13.0 Å². The lowest BCUT2D eigenvalue weighted by Crippen LogP contribution is -2.18. The molecule has 1 N–H and O–H groups in total. The van der Waals surface area contributed by atoms with Crippen molar-refractivity contribution >= 4 is 0 Å². The molecule has 1 rings (SSSR count). The van der Waals surface area contributed by atoms with Gasteiger partial charge in [-0.3, -0.25) is 0 Å². The Balaban J connectivity index is 2.27. The molecule has 0 radical (unpaired) electrons. The summed E-state index contributed by atoms with van der Waals surface area (Å²) >= 11 is 0. The van der Waals surface area contributed by atoms with Crippen molar-refractivity contribution in [3.05, 3.63) is 18.2 Å². The van der Waals surface area contributed by atoms with Crippen LogP contribution in [0.5, 0.6) is 0 Å². The largest absolute Gasteiger partial charge is 0.335 e. The normalized spacial score (nSPS) is 10.6. The molecule has 3 nitrogen and oxygen atoms in total. The molecule has 1 heterocycles. The topological polar surface area (TPSA) is 29.9 Å². The van der Waals surface area contributed by atoms with Crippen molar-refractivity contribution in [2.75, 3.05) is 13.1 Å². The Hall–Kier alpha value is -0.830. The minimum Gasteiger partial charge on any atom is -0.335 e. The molecule has 0 aliphatic carbocycles. The van der Waals surface area contributed by atoms with Gasteiger partial charge in [0.25, 0.3) is 0 Å². The summed E-state index contributed by atoms with van der Waals surface area (Å²) in [5, 5.41) is 3.38. The highest BCUT2D eigenvalue weighted by Gasteiger charge is 1.98. The minimum absolute atomic E-state index is 1.02. The molecule has 0 fully saturated rings. The fourth-order valence-corrected chi connectivity index (χ4v) is 1.36. The number of nitrogens with zero attached hydrogens (tertiary/aromatic N) is 2. The van der Waals surface area contributed by atoms with Crippen LogP contribution in [0.15, 0.2) is 12.5 Å². The highest BCUT2D eigenvalue weighted by atomic mass is 15.0. The Morgan fingerprint density at radius 1 is 1.38 bits per heavy atom. The first-order chi connectivity index (χ1) is 6.38. The number of imidazole rings is 1. The van der Waals surface area contributed by atoms with Crippen LogP contribution in [0.2, 0.25) is 0 Å². The van der Waals surface area contributed by atoms with Crippen LogP contribution in [0.4, 0.5) is 0 Å². The van der Waals surface area contributed by atoms with Crippen molar-refractivity contribution in [3.63, 3.8) is 0 Å². The molecule has 74 valence electrons. The summed E-state index contributed by atoms with van der Waals surface area (Å²) in [5.41, 5.74) is 1.33. The lowest BCUT2D eigenvalue weighted by molar-refractivity contribution is 0.638. The predicted octanol–water partition coefficient (Wildman–Crippen LogP) is 1.45. The van der Waals surface area contributed by atoms with Gasteiger partial charge in [0.1, 0.15) is 0 Å². The molecule has 0 aromatic carbocycles. The molecule has 0 amide bonds. The first kappa shape index (κ1) is 10.3. The molecular weight excluding hydrogens is 162 g/mol. The van der Waals surface area contributed by atoms with Crippen molar-refractivity contribution in [2.45, 2.75) is 33.2 Å². The second kappa shape index (κ2) is 5.75. The van der Waals surface area contributed by atoms with E-state index in [1.165, 1.54) is 12.1 Å². The molecule has 0 saturated carbocycles. The Kier molecular flexibility index (Phi) is 4.54. The van der Waals surface area contributed by atoms with E-state index in [1.54, 1.807) is 0 Å². The zero-order chi connectivity index (χ0) is 9.52. The summed E-state index contributed by atoms with van der Waals surface area (Å²) in [4.78, 5) is 4.13. The fraction of sp³-hybridized carbons (Fsp3) is 0.700. The molecule has 1 aromatic heterocycles. The smallest absolute Gasteiger partial charge is 0.0948 e. The van der Waals surface area contributed by atoms with Gasteiger partial charge in [-0.05, 0) is 19.9 Å². The van der Waals surface area contributed by atoms with Crippen LogP contribution in [0, 0.1) is 0 Å². The van der Waals surface area contributed by atoms with E-state index < -0.39 is 0 Å².